The molecule has 2 atom stereocenters. The third-order valence-corrected chi connectivity index (χ3v) is 5.41. The second-order valence-corrected chi connectivity index (χ2v) is 8.41. The summed E-state index contributed by atoms with van der Waals surface area (Å²) in [4.78, 5) is 49.4. The molecule has 206 valence electrons. The molecule has 40 heavy (non-hydrogen) atoms. The highest BCUT2D eigenvalue weighted by Gasteiger charge is 2.24. The predicted octanol–water partition coefficient (Wildman–Crippen LogP) is 5.06. The lowest BCUT2D eigenvalue weighted by Gasteiger charge is -2.12. The first-order chi connectivity index (χ1) is 19.2. The Kier molecular flexibility index (Phi) is 10.3. The molecule has 0 heterocycles. The van der Waals surface area contributed by atoms with Crippen molar-refractivity contribution in [3.63, 3.8) is 0 Å². The maximum atomic E-state index is 12.7. The quantitative estimate of drug-likeness (QED) is 0.239. The molecule has 0 saturated carbocycles. The number of carbonyl (C=O) groups is 4. The number of carbonyl (C=O) groups excluding carboxylic acids is 4. The monoisotopic (exact) mass is 544 g/mol. The Labute approximate surface area is 230 Å². The van der Waals surface area contributed by atoms with Crippen LogP contribution in [0.1, 0.15) is 13.8 Å². The molecule has 0 aromatic heterocycles. The summed E-state index contributed by atoms with van der Waals surface area (Å²) in [5.41, 5.74) is 1.62. The number of nitrogens with one attached hydrogen (secondary N) is 2. The predicted molar refractivity (Wildman–Crippen MR) is 148 cm³/mol. The maximum absolute atomic E-state index is 12.7. The molecule has 0 radical (unpaired) electrons. The number of ketones is 2. The molecule has 0 aliphatic carbocycles. The zero-order valence-electron chi connectivity index (χ0n) is 22.3. The van der Waals surface area contributed by atoms with Crippen molar-refractivity contribution in [3.05, 3.63) is 72.8 Å². The van der Waals surface area contributed by atoms with E-state index >= 15 is 0 Å². The second kappa shape index (κ2) is 14.0. The molecule has 0 bridgehead atoms. The summed E-state index contributed by atoms with van der Waals surface area (Å²) in [6.07, 6.45) is 0. The van der Waals surface area contributed by atoms with Crippen LogP contribution in [-0.2, 0) is 19.2 Å². The largest absolute Gasteiger partial charge is 0.497 e. The fourth-order valence-corrected chi connectivity index (χ4v) is 3.24. The number of anilines is 2. The number of amides is 2. The van der Waals surface area contributed by atoms with Gasteiger partial charge in [-0.2, -0.15) is 20.5 Å². The summed E-state index contributed by atoms with van der Waals surface area (Å²) in [6, 6.07) is 16.7. The van der Waals surface area contributed by atoms with E-state index in [2.05, 4.69) is 31.1 Å². The van der Waals surface area contributed by atoms with Crippen molar-refractivity contribution in [2.45, 2.75) is 25.9 Å². The zero-order chi connectivity index (χ0) is 29.1. The Bertz CT molecular complexity index is 1290. The van der Waals surface area contributed by atoms with Crippen LogP contribution >= 0.6 is 0 Å². The highest BCUT2D eigenvalue weighted by molar-refractivity contribution is 6.11. The second-order valence-electron chi connectivity index (χ2n) is 8.41. The van der Waals surface area contributed by atoms with Crippen molar-refractivity contribution < 1.29 is 28.7 Å². The van der Waals surface area contributed by atoms with Gasteiger partial charge in [-0.15, -0.1) is 0 Å². The minimum atomic E-state index is -1.35. The van der Waals surface area contributed by atoms with E-state index in [9.17, 15) is 19.2 Å². The summed E-state index contributed by atoms with van der Waals surface area (Å²) in [5.74, 6) is -1.05. The first-order valence-electron chi connectivity index (χ1n) is 12.0. The minimum absolute atomic E-state index is 0.358. The summed E-state index contributed by atoms with van der Waals surface area (Å²) >= 11 is 0. The van der Waals surface area contributed by atoms with Crippen molar-refractivity contribution in [2.75, 3.05) is 24.9 Å². The molecule has 2 N–H and O–H groups in total. The molecule has 0 saturated heterocycles. The van der Waals surface area contributed by atoms with Gasteiger partial charge < -0.3 is 20.1 Å². The molecular formula is C28H28N6O6. The maximum Gasteiger partial charge on any atom is 0.258 e. The SMILES string of the molecule is COc1ccc(/N=N/C(C(C)=O)C(=O)Nc2ccc(NC(=O)C(/N=N/c3ccc(OC)cc3)C(C)=O)cc2)cc1. The first kappa shape index (κ1) is 29.3. The lowest BCUT2D eigenvalue weighted by Crippen LogP contribution is -2.32. The summed E-state index contributed by atoms with van der Waals surface area (Å²) in [5, 5.41) is 20.9. The number of azo groups is 2. The standard InChI is InChI=1S/C28H28N6O6/c1-17(35)25(33-31-21-9-13-23(39-3)14-10-21)27(37)29-19-5-7-20(8-6-19)30-28(38)26(18(2)36)34-32-22-11-15-24(40-4)16-12-22/h5-16,25-26H,1-4H3,(H,29,37)(H,30,38)/b33-31+,34-32+. The van der Waals surface area contributed by atoms with Crippen LogP contribution in [0, 0.1) is 0 Å². The van der Waals surface area contributed by atoms with E-state index in [1.165, 1.54) is 52.3 Å². The summed E-state index contributed by atoms with van der Waals surface area (Å²) in [7, 11) is 3.07. The van der Waals surface area contributed by atoms with E-state index in [4.69, 9.17) is 9.47 Å². The topological polar surface area (TPSA) is 160 Å². The lowest BCUT2D eigenvalue weighted by molar-refractivity contribution is -0.127. The Balaban J connectivity index is 1.62. The normalized spacial score (nSPS) is 12.5. The fraction of sp³-hybridized carbons (Fsp3) is 0.214. The first-order valence-corrected chi connectivity index (χ1v) is 12.0. The zero-order valence-corrected chi connectivity index (χ0v) is 22.3. The molecule has 2 unspecified atom stereocenters. The van der Waals surface area contributed by atoms with Gasteiger partial charge in [0.25, 0.3) is 11.8 Å². The van der Waals surface area contributed by atoms with E-state index in [1.54, 1.807) is 48.5 Å². The van der Waals surface area contributed by atoms with Gasteiger partial charge in [-0.1, -0.05) is 0 Å². The number of methoxy groups -OCH3 is 2. The summed E-state index contributed by atoms with van der Waals surface area (Å²) in [6.45, 7) is 2.49. The van der Waals surface area contributed by atoms with Crippen LogP contribution in [0.2, 0.25) is 0 Å². The number of rotatable bonds is 12. The molecule has 3 aromatic rings. The van der Waals surface area contributed by atoms with Crippen LogP contribution < -0.4 is 20.1 Å². The molecule has 0 spiro atoms. The van der Waals surface area contributed by atoms with E-state index in [0.29, 0.717) is 34.2 Å². The molecule has 12 nitrogen and oxygen atoms in total. The van der Waals surface area contributed by atoms with E-state index in [0.717, 1.165) is 0 Å². The van der Waals surface area contributed by atoms with Crippen LogP contribution in [-0.4, -0.2) is 49.7 Å². The number of hydrogen-bond acceptors (Lipinski definition) is 10. The van der Waals surface area contributed by atoms with Crippen molar-refractivity contribution in [1.29, 1.82) is 0 Å². The van der Waals surface area contributed by atoms with Gasteiger partial charge >= 0.3 is 0 Å². The van der Waals surface area contributed by atoms with Gasteiger partial charge in [0, 0.05) is 11.4 Å². The molecule has 12 heteroatoms. The van der Waals surface area contributed by atoms with Crippen molar-refractivity contribution >= 4 is 46.1 Å². The molecule has 0 aliphatic rings. The van der Waals surface area contributed by atoms with Gasteiger partial charge in [-0.25, -0.2) is 0 Å². The van der Waals surface area contributed by atoms with E-state index < -0.39 is 35.5 Å². The van der Waals surface area contributed by atoms with Crippen LogP contribution in [0.25, 0.3) is 0 Å². The van der Waals surface area contributed by atoms with E-state index in [1.807, 2.05) is 0 Å². The number of ether oxygens (including phenoxy) is 2. The molecule has 0 aliphatic heterocycles. The number of nitrogens with zero attached hydrogens (tertiary/aromatic N) is 4. The summed E-state index contributed by atoms with van der Waals surface area (Å²) < 4.78 is 10.2. The molecule has 0 fully saturated rings. The molecule has 2 amide bonds. The highest BCUT2D eigenvalue weighted by atomic mass is 16.5. The van der Waals surface area contributed by atoms with Gasteiger partial charge in [0.15, 0.2) is 11.6 Å². The van der Waals surface area contributed by atoms with Crippen molar-refractivity contribution in [1.82, 2.24) is 0 Å². The molecular weight excluding hydrogens is 516 g/mol. The van der Waals surface area contributed by atoms with E-state index in [-0.39, 0.29) is 0 Å². The van der Waals surface area contributed by atoms with Gasteiger partial charge in [-0.3, -0.25) is 19.2 Å². The number of Topliss-reactive ketones (excluding diaryl/α,β-unsaturated/α-hetero) is 2. The highest BCUT2D eigenvalue weighted by Crippen LogP contribution is 2.21. The number of hydrogen-bond donors (Lipinski definition) is 2. The third-order valence-electron chi connectivity index (χ3n) is 5.41. The van der Waals surface area contributed by atoms with Crippen LogP contribution in [0.15, 0.2) is 93.3 Å². The smallest absolute Gasteiger partial charge is 0.258 e. The Morgan fingerprint density at radius 1 is 0.575 bits per heavy atom. The third kappa shape index (κ3) is 8.38. The fourth-order valence-electron chi connectivity index (χ4n) is 3.24. The molecule has 3 aromatic carbocycles. The Morgan fingerprint density at radius 2 is 0.900 bits per heavy atom. The van der Waals surface area contributed by atoms with Crippen molar-refractivity contribution in [2.24, 2.45) is 20.5 Å². The van der Waals surface area contributed by atoms with Gasteiger partial charge in [0.1, 0.15) is 11.5 Å². The van der Waals surface area contributed by atoms with Crippen LogP contribution in [0.3, 0.4) is 0 Å². The van der Waals surface area contributed by atoms with Gasteiger partial charge in [-0.05, 0) is 86.6 Å². The number of benzene rings is 3. The van der Waals surface area contributed by atoms with Crippen molar-refractivity contribution in [3.8, 4) is 11.5 Å². The Morgan fingerprint density at radius 3 is 1.18 bits per heavy atom. The van der Waals surface area contributed by atoms with Gasteiger partial charge in [0.2, 0.25) is 12.1 Å². The minimum Gasteiger partial charge on any atom is -0.497 e. The van der Waals surface area contributed by atoms with Crippen LogP contribution in [0.4, 0.5) is 22.7 Å². The average molecular weight is 545 g/mol. The van der Waals surface area contributed by atoms with Gasteiger partial charge in [0.05, 0.1) is 25.6 Å². The van der Waals surface area contributed by atoms with Crippen LogP contribution in [0.5, 0.6) is 11.5 Å². The lowest BCUT2D eigenvalue weighted by atomic mass is 10.2. The molecule has 3 rings (SSSR count). The average Bonchev–Trinajstić information content (AvgIpc) is 2.94. The Hall–Kier alpha value is -5.26.